The first-order valence-corrected chi connectivity index (χ1v) is 18.0. The lowest BCUT2D eigenvalue weighted by atomic mass is 10.0. The minimum Gasteiger partial charge on any atom is -0.309 e. The molecule has 51 heavy (non-hydrogen) atoms. The summed E-state index contributed by atoms with van der Waals surface area (Å²) in [6.45, 7) is 0. The van der Waals surface area contributed by atoms with Crippen molar-refractivity contribution < 1.29 is 0 Å². The van der Waals surface area contributed by atoms with Crippen LogP contribution < -0.4 is 0 Å². The zero-order chi connectivity index (χ0) is 33.5. The molecule has 5 heteroatoms. The van der Waals surface area contributed by atoms with Gasteiger partial charge in [-0.2, -0.15) is 0 Å². The molecule has 0 radical (unpaired) electrons. The van der Waals surface area contributed by atoms with Crippen molar-refractivity contribution in [1.29, 1.82) is 0 Å². The fourth-order valence-electron chi connectivity index (χ4n) is 7.90. The lowest BCUT2D eigenvalue weighted by molar-refractivity contribution is 1.18. The highest BCUT2D eigenvalue weighted by Gasteiger charge is 2.19. The molecule has 4 aromatic heterocycles. The van der Waals surface area contributed by atoms with E-state index in [0.717, 1.165) is 49.8 Å². The van der Waals surface area contributed by atoms with E-state index in [-0.39, 0.29) is 0 Å². The average molecular weight is 669 g/mol. The van der Waals surface area contributed by atoms with Gasteiger partial charge in [0, 0.05) is 59.5 Å². The summed E-state index contributed by atoms with van der Waals surface area (Å²) in [5.74, 6) is 0.731. The van der Waals surface area contributed by atoms with Gasteiger partial charge in [0.2, 0.25) is 0 Å². The Morgan fingerprint density at radius 2 is 0.902 bits per heavy atom. The van der Waals surface area contributed by atoms with Gasteiger partial charge in [0.1, 0.15) is 4.83 Å². The van der Waals surface area contributed by atoms with Crippen molar-refractivity contribution in [1.82, 2.24) is 19.1 Å². The van der Waals surface area contributed by atoms with E-state index in [2.05, 4.69) is 179 Å². The fourth-order valence-corrected chi connectivity index (χ4v) is 8.97. The topological polar surface area (TPSA) is 35.6 Å². The van der Waals surface area contributed by atoms with E-state index in [1.54, 1.807) is 11.3 Å². The normalized spacial score (nSPS) is 11.9. The van der Waals surface area contributed by atoms with Gasteiger partial charge >= 0.3 is 0 Å². The Kier molecular flexibility index (Phi) is 6.09. The van der Waals surface area contributed by atoms with E-state index < -0.39 is 0 Å². The lowest BCUT2D eigenvalue weighted by Crippen LogP contribution is -1.96. The van der Waals surface area contributed by atoms with Crippen LogP contribution in [0.1, 0.15) is 0 Å². The molecule has 238 valence electrons. The maximum absolute atomic E-state index is 5.39. The molecule has 11 rings (SSSR count). The Hall–Kier alpha value is -6.56. The zero-order valence-corrected chi connectivity index (χ0v) is 28.2. The third-order valence-corrected chi connectivity index (χ3v) is 11.2. The quantitative estimate of drug-likeness (QED) is 0.187. The Balaban J connectivity index is 1.11. The number of thiophene rings is 1. The van der Waals surface area contributed by atoms with Crippen LogP contribution in [0, 0.1) is 0 Å². The number of aromatic nitrogens is 4. The number of nitrogens with zero attached hydrogens (tertiary/aromatic N) is 4. The van der Waals surface area contributed by atoms with Crippen LogP contribution in [0.4, 0.5) is 0 Å². The molecule has 0 aliphatic rings. The SMILES string of the molecule is c1ccc(-n2c3ccccc3c3cc(-c4nc(-c5ccc(-n6c7ccccc7c7ccccc76)cc5)c5c(n4)sc4ccccc45)ccc32)cc1. The summed E-state index contributed by atoms with van der Waals surface area (Å²) < 4.78 is 5.91. The molecule has 11 aromatic rings. The van der Waals surface area contributed by atoms with Crippen LogP contribution in [0.5, 0.6) is 0 Å². The van der Waals surface area contributed by atoms with Gasteiger partial charge in [0.15, 0.2) is 5.82 Å². The van der Waals surface area contributed by atoms with Crippen molar-refractivity contribution in [3.8, 4) is 34.0 Å². The van der Waals surface area contributed by atoms with Crippen LogP contribution in [0.15, 0.2) is 170 Å². The molecule has 4 nitrogen and oxygen atoms in total. The Morgan fingerprint density at radius 3 is 1.57 bits per heavy atom. The minimum absolute atomic E-state index is 0.731. The van der Waals surface area contributed by atoms with Gasteiger partial charge in [-0.25, -0.2) is 9.97 Å². The van der Waals surface area contributed by atoms with Crippen LogP contribution in [-0.4, -0.2) is 19.1 Å². The summed E-state index contributed by atoms with van der Waals surface area (Å²) in [4.78, 5) is 11.6. The number of para-hydroxylation sites is 4. The first kappa shape index (κ1) is 28.3. The summed E-state index contributed by atoms with van der Waals surface area (Å²) >= 11 is 1.73. The van der Waals surface area contributed by atoms with Gasteiger partial charge < -0.3 is 9.13 Å². The molecular weight excluding hydrogens is 641 g/mol. The molecule has 0 N–H and O–H groups in total. The summed E-state index contributed by atoms with van der Waals surface area (Å²) in [7, 11) is 0. The van der Waals surface area contributed by atoms with Gasteiger partial charge in [0.25, 0.3) is 0 Å². The van der Waals surface area contributed by atoms with Crippen LogP contribution >= 0.6 is 11.3 Å². The smallest absolute Gasteiger partial charge is 0.161 e. The highest BCUT2D eigenvalue weighted by molar-refractivity contribution is 7.25. The van der Waals surface area contributed by atoms with Crippen LogP contribution in [0.3, 0.4) is 0 Å². The van der Waals surface area contributed by atoms with Crippen molar-refractivity contribution in [2.24, 2.45) is 0 Å². The summed E-state index contributed by atoms with van der Waals surface area (Å²) in [5, 5.41) is 7.20. The third kappa shape index (κ3) is 4.25. The predicted octanol–water partition coefficient (Wildman–Crippen LogP) is 12.4. The van der Waals surface area contributed by atoms with Crippen molar-refractivity contribution in [3.05, 3.63) is 170 Å². The van der Waals surface area contributed by atoms with Gasteiger partial charge in [-0.05, 0) is 66.7 Å². The largest absolute Gasteiger partial charge is 0.309 e. The molecule has 0 unspecified atom stereocenters. The molecule has 0 spiro atoms. The van der Waals surface area contributed by atoms with E-state index in [9.17, 15) is 0 Å². The van der Waals surface area contributed by atoms with Crippen molar-refractivity contribution in [2.45, 2.75) is 0 Å². The Labute approximate surface area is 297 Å². The van der Waals surface area contributed by atoms with Gasteiger partial charge in [0.05, 0.1) is 27.8 Å². The third-order valence-electron chi connectivity index (χ3n) is 10.2. The summed E-state index contributed by atoms with van der Waals surface area (Å²) in [6, 6.07) is 60.6. The Bertz CT molecular complexity index is 3080. The molecule has 0 amide bonds. The molecule has 0 atom stereocenters. The number of benzene rings is 7. The molecule has 0 bridgehead atoms. The summed E-state index contributed by atoms with van der Waals surface area (Å²) in [5.41, 5.74) is 10.0. The maximum Gasteiger partial charge on any atom is 0.161 e. The summed E-state index contributed by atoms with van der Waals surface area (Å²) in [6.07, 6.45) is 0. The second kappa shape index (κ2) is 11.0. The van der Waals surface area contributed by atoms with Crippen molar-refractivity contribution in [2.75, 3.05) is 0 Å². The average Bonchev–Trinajstić information content (AvgIpc) is 3.85. The maximum atomic E-state index is 5.39. The van der Waals surface area contributed by atoms with Gasteiger partial charge in [-0.1, -0.05) is 103 Å². The monoisotopic (exact) mass is 668 g/mol. The molecule has 0 aliphatic carbocycles. The van der Waals surface area contributed by atoms with E-state index in [4.69, 9.17) is 9.97 Å². The van der Waals surface area contributed by atoms with E-state index in [1.807, 2.05) is 0 Å². The standard InChI is InChI=1S/C46H28N4S/c1-2-12-31(13-3-1)49-40-20-10-6-16-35(40)37-28-30(24-27-41(37)49)45-47-44(43-36-17-7-11-21-42(36)51-46(43)48-45)29-22-25-32(26-23-29)50-38-18-8-4-14-33(38)34-15-5-9-19-39(34)50/h1-28H. The second-order valence-electron chi connectivity index (χ2n) is 13.0. The zero-order valence-electron chi connectivity index (χ0n) is 27.4. The van der Waals surface area contributed by atoms with E-state index >= 15 is 0 Å². The molecular formula is C46H28N4S. The number of fused-ring (bicyclic) bond motifs is 9. The van der Waals surface area contributed by atoms with Crippen LogP contribution in [0.2, 0.25) is 0 Å². The van der Waals surface area contributed by atoms with Gasteiger partial charge in [-0.15, -0.1) is 11.3 Å². The van der Waals surface area contributed by atoms with Crippen LogP contribution in [0.25, 0.3) is 97.9 Å². The molecule has 0 saturated heterocycles. The molecule has 4 heterocycles. The molecule has 0 saturated carbocycles. The number of hydrogen-bond acceptors (Lipinski definition) is 3. The highest BCUT2D eigenvalue weighted by atomic mass is 32.1. The first-order valence-electron chi connectivity index (χ1n) is 17.2. The number of hydrogen-bond donors (Lipinski definition) is 0. The molecule has 0 aliphatic heterocycles. The fraction of sp³-hybridized carbons (Fsp3) is 0. The van der Waals surface area contributed by atoms with Crippen LogP contribution in [-0.2, 0) is 0 Å². The van der Waals surface area contributed by atoms with E-state index in [1.165, 1.54) is 48.2 Å². The second-order valence-corrected chi connectivity index (χ2v) is 14.0. The van der Waals surface area contributed by atoms with Gasteiger partial charge in [-0.3, -0.25) is 0 Å². The lowest BCUT2D eigenvalue weighted by Gasteiger charge is -2.11. The predicted molar refractivity (Wildman–Crippen MR) is 214 cm³/mol. The van der Waals surface area contributed by atoms with E-state index in [0.29, 0.717) is 0 Å². The molecule has 7 aromatic carbocycles. The van der Waals surface area contributed by atoms with Crippen molar-refractivity contribution in [3.63, 3.8) is 0 Å². The number of rotatable bonds is 4. The Morgan fingerprint density at radius 1 is 0.392 bits per heavy atom. The minimum atomic E-state index is 0.731. The highest BCUT2D eigenvalue weighted by Crippen LogP contribution is 2.41. The van der Waals surface area contributed by atoms with Crippen molar-refractivity contribution >= 4 is 75.3 Å². The first-order chi connectivity index (χ1) is 25.3. The molecule has 0 fully saturated rings.